The van der Waals surface area contributed by atoms with Crippen molar-refractivity contribution < 1.29 is 18.7 Å². The molecule has 0 amide bonds. The van der Waals surface area contributed by atoms with Crippen LogP contribution in [0.2, 0.25) is 0 Å². The predicted molar refractivity (Wildman–Crippen MR) is 80.8 cm³/mol. The van der Waals surface area contributed by atoms with E-state index in [0.29, 0.717) is 28.1 Å². The Bertz CT molecular complexity index is 862. The normalized spacial score (nSPS) is 10.6. The summed E-state index contributed by atoms with van der Waals surface area (Å²) in [5, 5.41) is 0. The van der Waals surface area contributed by atoms with E-state index in [-0.39, 0.29) is 5.78 Å². The summed E-state index contributed by atoms with van der Waals surface area (Å²) in [7, 11) is 1.33. The number of ether oxygens (including phenoxy) is 1. The Balaban J connectivity index is 2.01. The average molecular weight is 295 g/mol. The van der Waals surface area contributed by atoms with Crippen LogP contribution in [0.25, 0.3) is 22.6 Å². The lowest BCUT2D eigenvalue weighted by molar-refractivity contribution is 0.0600. The number of oxazole rings is 1. The van der Waals surface area contributed by atoms with Crippen LogP contribution >= 0.6 is 0 Å². The molecule has 3 aromatic rings. The molecule has 2 aromatic carbocycles. The van der Waals surface area contributed by atoms with E-state index in [1.165, 1.54) is 14.0 Å². The molecular weight excluding hydrogens is 282 g/mol. The van der Waals surface area contributed by atoms with Gasteiger partial charge in [0.25, 0.3) is 0 Å². The Kier molecular flexibility index (Phi) is 3.47. The van der Waals surface area contributed by atoms with Crippen LogP contribution in [0.1, 0.15) is 27.6 Å². The fourth-order valence-electron chi connectivity index (χ4n) is 2.14. The first-order valence-electron chi connectivity index (χ1n) is 6.69. The van der Waals surface area contributed by atoms with Crippen LogP contribution in [0.15, 0.2) is 46.9 Å². The number of hydrogen-bond donors (Lipinski definition) is 0. The number of ketones is 1. The second-order valence-corrected chi connectivity index (χ2v) is 4.83. The molecule has 0 unspecified atom stereocenters. The molecule has 0 N–H and O–H groups in total. The molecule has 5 heteroatoms. The quantitative estimate of drug-likeness (QED) is 0.546. The Morgan fingerprint density at radius 2 is 1.73 bits per heavy atom. The number of fused-ring (bicyclic) bond motifs is 1. The summed E-state index contributed by atoms with van der Waals surface area (Å²) in [5.41, 5.74) is 2.97. The van der Waals surface area contributed by atoms with Gasteiger partial charge in [0.1, 0.15) is 5.52 Å². The van der Waals surface area contributed by atoms with Crippen LogP contribution in [0, 0.1) is 0 Å². The van der Waals surface area contributed by atoms with Crippen molar-refractivity contribution >= 4 is 22.9 Å². The van der Waals surface area contributed by atoms with Gasteiger partial charge in [-0.25, -0.2) is 9.78 Å². The maximum absolute atomic E-state index is 11.5. The van der Waals surface area contributed by atoms with Crippen molar-refractivity contribution in [1.29, 1.82) is 0 Å². The van der Waals surface area contributed by atoms with Crippen molar-refractivity contribution in [3.05, 3.63) is 53.6 Å². The number of hydrogen-bond acceptors (Lipinski definition) is 5. The molecule has 0 aliphatic rings. The van der Waals surface area contributed by atoms with E-state index in [1.807, 2.05) is 0 Å². The third-order valence-electron chi connectivity index (χ3n) is 3.35. The minimum Gasteiger partial charge on any atom is -0.465 e. The zero-order valence-corrected chi connectivity index (χ0v) is 12.1. The first-order valence-corrected chi connectivity index (χ1v) is 6.69. The molecule has 3 rings (SSSR count). The highest BCUT2D eigenvalue weighted by Crippen LogP contribution is 2.25. The van der Waals surface area contributed by atoms with Gasteiger partial charge in [0.2, 0.25) is 5.89 Å². The number of benzene rings is 2. The number of nitrogens with zero attached hydrogens (tertiary/aromatic N) is 1. The molecule has 0 saturated heterocycles. The second-order valence-electron chi connectivity index (χ2n) is 4.83. The lowest BCUT2D eigenvalue weighted by Gasteiger charge is -1.97. The standard InChI is InChI=1S/C17H13NO4/c1-10(19)11-3-5-12(6-4-11)16-18-14-9-13(17(20)21-2)7-8-15(14)22-16/h3-9H,1-2H3. The number of esters is 1. The Hall–Kier alpha value is -2.95. The topological polar surface area (TPSA) is 69.4 Å². The zero-order chi connectivity index (χ0) is 15.7. The van der Waals surface area contributed by atoms with E-state index in [2.05, 4.69) is 9.72 Å². The van der Waals surface area contributed by atoms with E-state index in [4.69, 9.17) is 4.42 Å². The second kappa shape index (κ2) is 5.44. The van der Waals surface area contributed by atoms with Crippen molar-refractivity contribution in [3.63, 3.8) is 0 Å². The third-order valence-corrected chi connectivity index (χ3v) is 3.35. The smallest absolute Gasteiger partial charge is 0.337 e. The van der Waals surface area contributed by atoms with Gasteiger partial charge in [0.15, 0.2) is 11.4 Å². The highest BCUT2D eigenvalue weighted by Gasteiger charge is 2.12. The average Bonchev–Trinajstić information content (AvgIpc) is 2.97. The van der Waals surface area contributed by atoms with Crippen molar-refractivity contribution in [3.8, 4) is 11.5 Å². The van der Waals surface area contributed by atoms with Gasteiger partial charge < -0.3 is 9.15 Å². The molecule has 110 valence electrons. The third kappa shape index (κ3) is 2.48. The van der Waals surface area contributed by atoms with Gasteiger partial charge in [-0.05, 0) is 37.3 Å². The highest BCUT2D eigenvalue weighted by molar-refractivity contribution is 5.95. The fraction of sp³-hybridized carbons (Fsp3) is 0.118. The van der Waals surface area contributed by atoms with Crippen LogP contribution in [0.3, 0.4) is 0 Å². The summed E-state index contributed by atoms with van der Waals surface area (Å²) in [6.45, 7) is 1.52. The highest BCUT2D eigenvalue weighted by atomic mass is 16.5. The number of methoxy groups -OCH3 is 1. The number of carbonyl (C=O) groups is 2. The first kappa shape index (κ1) is 14.0. The molecule has 0 atom stereocenters. The lowest BCUT2D eigenvalue weighted by atomic mass is 10.1. The summed E-state index contributed by atoms with van der Waals surface area (Å²) >= 11 is 0. The molecule has 22 heavy (non-hydrogen) atoms. The van der Waals surface area contributed by atoms with Gasteiger partial charge in [-0.1, -0.05) is 12.1 Å². The molecular formula is C17H13NO4. The van der Waals surface area contributed by atoms with Crippen LogP contribution in [-0.2, 0) is 4.74 Å². The molecule has 0 aliphatic heterocycles. The fourth-order valence-corrected chi connectivity index (χ4v) is 2.14. The first-order chi connectivity index (χ1) is 10.6. The molecule has 0 radical (unpaired) electrons. The Morgan fingerprint density at radius 3 is 2.36 bits per heavy atom. The molecule has 1 heterocycles. The number of aromatic nitrogens is 1. The van der Waals surface area contributed by atoms with Crippen molar-refractivity contribution in [2.24, 2.45) is 0 Å². The van der Waals surface area contributed by atoms with Crippen LogP contribution < -0.4 is 0 Å². The summed E-state index contributed by atoms with van der Waals surface area (Å²) < 4.78 is 10.4. The van der Waals surface area contributed by atoms with E-state index in [1.54, 1.807) is 42.5 Å². The Morgan fingerprint density at radius 1 is 1.05 bits per heavy atom. The van der Waals surface area contributed by atoms with Gasteiger partial charge in [-0.3, -0.25) is 4.79 Å². The number of Topliss-reactive ketones (excluding diaryl/α,β-unsaturated/α-hetero) is 1. The van der Waals surface area contributed by atoms with Crippen LogP contribution in [0.5, 0.6) is 0 Å². The van der Waals surface area contributed by atoms with Gasteiger partial charge in [0, 0.05) is 11.1 Å². The molecule has 0 fully saturated rings. The molecule has 0 spiro atoms. The van der Waals surface area contributed by atoms with Crippen molar-refractivity contribution in [2.45, 2.75) is 6.92 Å². The Labute approximate surface area is 126 Å². The maximum Gasteiger partial charge on any atom is 0.337 e. The van der Waals surface area contributed by atoms with Crippen molar-refractivity contribution in [1.82, 2.24) is 4.98 Å². The van der Waals surface area contributed by atoms with Crippen LogP contribution in [-0.4, -0.2) is 23.8 Å². The summed E-state index contributed by atoms with van der Waals surface area (Å²) in [6, 6.07) is 12.0. The minimum absolute atomic E-state index is 0.00633. The summed E-state index contributed by atoms with van der Waals surface area (Å²) in [5.74, 6) is 0.0243. The monoisotopic (exact) mass is 295 g/mol. The summed E-state index contributed by atoms with van der Waals surface area (Å²) in [6.07, 6.45) is 0. The van der Waals surface area contributed by atoms with E-state index in [0.717, 1.165) is 5.56 Å². The van der Waals surface area contributed by atoms with Gasteiger partial charge in [-0.15, -0.1) is 0 Å². The number of rotatable bonds is 3. The number of carbonyl (C=O) groups excluding carboxylic acids is 2. The SMILES string of the molecule is COC(=O)c1ccc2oc(-c3ccc(C(C)=O)cc3)nc2c1. The molecule has 1 aromatic heterocycles. The van der Waals surface area contributed by atoms with Gasteiger partial charge >= 0.3 is 5.97 Å². The van der Waals surface area contributed by atoms with Crippen molar-refractivity contribution in [2.75, 3.05) is 7.11 Å². The predicted octanol–water partition coefficient (Wildman–Crippen LogP) is 3.48. The molecule has 0 saturated carbocycles. The van der Waals surface area contributed by atoms with Gasteiger partial charge in [0.05, 0.1) is 12.7 Å². The minimum atomic E-state index is -0.419. The molecule has 0 aliphatic carbocycles. The molecule has 0 bridgehead atoms. The van der Waals surface area contributed by atoms with E-state index >= 15 is 0 Å². The summed E-state index contributed by atoms with van der Waals surface area (Å²) in [4.78, 5) is 27.2. The maximum atomic E-state index is 11.5. The van der Waals surface area contributed by atoms with E-state index in [9.17, 15) is 9.59 Å². The van der Waals surface area contributed by atoms with Crippen LogP contribution in [0.4, 0.5) is 0 Å². The van der Waals surface area contributed by atoms with Gasteiger partial charge in [-0.2, -0.15) is 0 Å². The van der Waals surface area contributed by atoms with E-state index < -0.39 is 5.97 Å². The lowest BCUT2D eigenvalue weighted by Crippen LogP contribution is -2.00. The largest absolute Gasteiger partial charge is 0.465 e. The molecule has 5 nitrogen and oxygen atoms in total. The zero-order valence-electron chi connectivity index (χ0n) is 12.1.